The second-order valence-corrected chi connectivity index (χ2v) is 5.64. The van der Waals surface area contributed by atoms with Gasteiger partial charge in [-0.25, -0.2) is 0 Å². The summed E-state index contributed by atoms with van der Waals surface area (Å²) in [5, 5.41) is 7.56. The van der Waals surface area contributed by atoms with Crippen LogP contribution in [-0.4, -0.2) is 38.7 Å². The van der Waals surface area contributed by atoms with Crippen molar-refractivity contribution in [2.24, 2.45) is 0 Å². The van der Waals surface area contributed by atoms with Crippen molar-refractivity contribution < 1.29 is 4.79 Å². The third-order valence-electron chi connectivity index (χ3n) is 3.87. The van der Waals surface area contributed by atoms with E-state index in [0.717, 1.165) is 37.2 Å². The number of aromatic nitrogens is 3. The van der Waals surface area contributed by atoms with Crippen LogP contribution in [0.15, 0.2) is 43.4 Å². The number of nitrogens with one attached hydrogen (secondary N) is 1. The van der Waals surface area contributed by atoms with Crippen LogP contribution in [0.5, 0.6) is 0 Å². The van der Waals surface area contributed by atoms with Gasteiger partial charge < -0.3 is 10.2 Å². The predicted molar refractivity (Wildman–Crippen MR) is 89.1 cm³/mol. The lowest BCUT2D eigenvalue weighted by atomic mass is 10.2. The number of carbonyl (C=O) groups excluding carboxylic acids is 1. The lowest BCUT2D eigenvalue weighted by Gasteiger charge is -2.15. The van der Waals surface area contributed by atoms with E-state index in [1.807, 2.05) is 40.2 Å². The largest absolute Gasteiger partial charge is 0.381 e. The Bertz CT molecular complexity index is 688. The van der Waals surface area contributed by atoms with E-state index in [9.17, 15) is 4.79 Å². The summed E-state index contributed by atoms with van der Waals surface area (Å²) < 4.78 is 1.83. The number of hydrogen-bond acceptors (Lipinski definition) is 4. The van der Waals surface area contributed by atoms with Gasteiger partial charge in [0.05, 0.1) is 12.7 Å². The van der Waals surface area contributed by atoms with Gasteiger partial charge in [0.1, 0.15) is 5.69 Å². The van der Waals surface area contributed by atoms with Crippen molar-refractivity contribution in [1.82, 2.24) is 19.7 Å². The molecule has 6 heteroatoms. The highest BCUT2D eigenvalue weighted by Crippen LogP contribution is 2.15. The number of likely N-dealkylation sites (tertiary alicyclic amines) is 1. The molecule has 0 saturated carbocycles. The Hall–Kier alpha value is -2.63. The summed E-state index contributed by atoms with van der Waals surface area (Å²) in [6.45, 7) is 6.72. The van der Waals surface area contributed by atoms with E-state index in [1.165, 1.54) is 0 Å². The molecule has 3 rings (SSSR count). The molecule has 1 N–H and O–H groups in total. The number of rotatable bonds is 6. The first-order chi connectivity index (χ1) is 11.3. The zero-order chi connectivity index (χ0) is 16.1. The van der Waals surface area contributed by atoms with Gasteiger partial charge in [0.15, 0.2) is 0 Å². The van der Waals surface area contributed by atoms with E-state index < -0.39 is 0 Å². The molecule has 0 bridgehead atoms. The summed E-state index contributed by atoms with van der Waals surface area (Å²) >= 11 is 0. The Morgan fingerprint density at radius 3 is 3.00 bits per heavy atom. The van der Waals surface area contributed by atoms with Crippen LogP contribution in [0.3, 0.4) is 0 Å². The minimum Gasteiger partial charge on any atom is -0.381 e. The van der Waals surface area contributed by atoms with Gasteiger partial charge in [-0.15, -0.1) is 6.58 Å². The number of carbonyl (C=O) groups is 1. The van der Waals surface area contributed by atoms with Crippen LogP contribution in [0.4, 0.5) is 5.69 Å². The first kappa shape index (κ1) is 15.3. The summed E-state index contributed by atoms with van der Waals surface area (Å²) in [6.07, 6.45) is 9.45. The van der Waals surface area contributed by atoms with E-state index in [2.05, 4.69) is 22.0 Å². The first-order valence-electron chi connectivity index (χ1n) is 7.87. The number of pyridine rings is 1. The van der Waals surface area contributed by atoms with Crippen molar-refractivity contribution in [1.29, 1.82) is 0 Å². The Labute approximate surface area is 135 Å². The van der Waals surface area contributed by atoms with Crippen molar-refractivity contribution in [2.45, 2.75) is 25.9 Å². The van der Waals surface area contributed by atoms with Gasteiger partial charge in [0.2, 0.25) is 0 Å². The molecule has 6 nitrogen and oxygen atoms in total. The molecular weight excluding hydrogens is 290 g/mol. The van der Waals surface area contributed by atoms with Crippen LogP contribution in [0.1, 0.15) is 28.9 Å². The zero-order valence-corrected chi connectivity index (χ0v) is 13.1. The highest BCUT2D eigenvalue weighted by Gasteiger charge is 2.20. The molecule has 1 saturated heterocycles. The third kappa shape index (κ3) is 3.77. The summed E-state index contributed by atoms with van der Waals surface area (Å²) in [5.41, 5.74) is 2.47. The second kappa shape index (κ2) is 7.09. The first-order valence-corrected chi connectivity index (χ1v) is 7.87. The van der Waals surface area contributed by atoms with Gasteiger partial charge >= 0.3 is 0 Å². The van der Waals surface area contributed by atoms with E-state index in [1.54, 1.807) is 6.20 Å². The molecule has 0 atom stereocenters. The minimum absolute atomic E-state index is 0.0185. The van der Waals surface area contributed by atoms with Gasteiger partial charge in [0.25, 0.3) is 5.91 Å². The normalized spacial score (nSPS) is 14.0. The van der Waals surface area contributed by atoms with Gasteiger partial charge in [-0.3, -0.25) is 14.5 Å². The van der Waals surface area contributed by atoms with Gasteiger partial charge in [-0.2, -0.15) is 5.10 Å². The van der Waals surface area contributed by atoms with E-state index >= 15 is 0 Å². The summed E-state index contributed by atoms with van der Waals surface area (Å²) in [6, 6.07) is 3.68. The molecule has 1 aliphatic heterocycles. The topological polar surface area (TPSA) is 63.1 Å². The molecule has 1 aliphatic rings. The lowest BCUT2D eigenvalue weighted by molar-refractivity contribution is 0.0787. The Balaban J connectivity index is 1.62. The molecule has 0 aliphatic carbocycles. The molecule has 120 valence electrons. The fourth-order valence-corrected chi connectivity index (χ4v) is 2.67. The molecule has 3 heterocycles. The SMILES string of the molecule is C=CCn1cc(CNc2ccnc(C(=O)N3CCCC3)c2)cn1. The molecular formula is C17H21N5O. The molecule has 2 aromatic rings. The molecule has 2 aromatic heterocycles. The average Bonchev–Trinajstić information content (AvgIpc) is 3.25. The Kier molecular flexibility index (Phi) is 4.71. The van der Waals surface area contributed by atoms with Crippen molar-refractivity contribution in [2.75, 3.05) is 18.4 Å². The van der Waals surface area contributed by atoms with Crippen molar-refractivity contribution in [3.8, 4) is 0 Å². The summed E-state index contributed by atoms with van der Waals surface area (Å²) in [7, 11) is 0. The highest BCUT2D eigenvalue weighted by atomic mass is 16.2. The van der Waals surface area contributed by atoms with Crippen LogP contribution < -0.4 is 5.32 Å². The summed E-state index contributed by atoms with van der Waals surface area (Å²) in [5.74, 6) is 0.0185. The smallest absolute Gasteiger partial charge is 0.272 e. The maximum Gasteiger partial charge on any atom is 0.272 e. The van der Waals surface area contributed by atoms with Crippen molar-refractivity contribution in [3.05, 3.63) is 54.6 Å². The van der Waals surface area contributed by atoms with Crippen LogP contribution >= 0.6 is 0 Å². The lowest BCUT2D eigenvalue weighted by Crippen LogP contribution is -2.28. The fourth-order valence-electron chi connectivity index (χ4n) is 2.67. The quantitative estimate of drug-likeness (QED) is 0.832. The van der Waals surface area contributed by atoms with Crippen LogP contribution in [0, 0.1) is 0 Å². The maximum atomic E-state index is 12.4. The molecule has 1 fully saturated rings. The van der Waals surface area contributed by atoms with E-state index in [0.29, 0.717) is 18.8 Å². The number of amides is 1. The van der Waals surface area contributed by atoms with Crippen LogP contribution in [-0.2, 0) is 13.1 Å². The number of hydrogen-bond donors (Lipinski definition) is 1. The molecule has 1 amide bonds. The van der Waals surface area contributed by atoms with E-state index in [4.69, 9.17) is 0 Å². The van der Waals surface area contributed by atoms with Gasteiger partial charge in [-0.05, 0) is 25.0 Å². The molecule has 0 unspecified atom stereocenters. The number of nitrogens with zero attached hydrogens (tertiary/aromatic N) is 4. The van der Waals surface area contributed by atoms with Gasteiger partial charge in [-0.1, -0.05) is 6.08 Å². The highest BCUT2D eigenvalue weighted by molar-refractivity contribution is 5.93. The molecule has 0 aromatic carbocycles. The monoisotopic (exact) mass is 311 g/mol. The Morgan fingerprint density at radius 2 is 2.22 bits per heavy atom. The zero-order valence-electron chi connectivity index (χ0n) is 13.1. The maximum absolute atomic E-state index is 12.4. The van der Waals surface area contributed by atoms with Crippen molar-refractivity contribution in [3.63, 3.8) is 0 Å². The van der Waals surface area contributed by atoms with Crippen LogP contribution in [0.25, 0.3) is 0 Å². The van der Waals surface area contributed by atoms with E-state index in [-0.39, 0.29) is 5.91 Å². The minimum atomic E-state index is 0.0185. The average molecular weight is 311 g/mol. The molecule has 0 spiro atoms. The van der Waals surface area contributed by atoms with Gasteiger partial charge in [0, 0.05) is 43.3 Å². The predicted octanol–water partition coefficient (Wildman–Crippen LogP) is 2.31. The fraction of sp³-hybridized carbons (Fsp3) is 0.353. The summed E-state index contributed by atoms with van der Waals surface area (Å²) in [4.78, 5) is 18.4. The second-order valence-electron chi connectivity index (χ2n) is 5.64. The van der Waals surface area contributed by atoms with Crippen LogP contribution in [0.2, 0.25) is 0 Å². The Morgan fingerprint density at radius 1 is 1.39 bits per heavy atom. The third-order valence-corrected chi connectivity index (χ3v) is 3.87. The van der Waals surface area contributed by atoms with Crippen molar-refractivity contribution >= 4 is 11.6 Å². The number of allylic oxidation sites excluding steroid dienone is 1. The molecule has 0 radical (unpaired) electrons. The standard InChI is InChI=1S/C17H21N5O/c1-2-7-22-13-14(12-20-22)11-19-15-5-6-18-16(10-15)17(23)21-8-3-4-9-21/h2,5-6,10,12-13H,1,3-4,7-9,11H2,(H,18,19). The number of anilines is 1. The molecule has 23 heavy (non-hydrogen) atoms.